The SMILES string of the molecule is CCOC(=O)c1cnn(C)c1CNC(C)CC(N)=O. The van der Waals surface area contributed by atoms with Crippen molar-refractivity contribution < 1.29 is 14.3 Å². The van der Waals surface area contributed by atoms with Gasteiger partial charge in [-0.1, -0.05) is 0 Å². The highest BCUT2D eigenvalue weighted by atomic mass is 16.5. The number of esters is 1. The van der Waals surface area contributed by atoms with Crippen LogP contribution in [0.1, 0.15) is 36.3 Å². The van der Waals surface area contributed by atoms with Crippen LogP contribution in [0.4, 0.5) is 0 Å². The van der Waals surface area contributed by atoms with Crippen molar-refractivity contribution >= 4 is 11.9 Å². The number of hydrogen-bond donors (Lipinski definition) is 2. The van der Waals surface area contributed by atoms with Gasteiger partial charge in [0, 0.05) is 26.1 Å². The number of carbonyl (C=O) groups excluding carboxylic acids is 2. The van der Waals surface area contributed by atoms with Crippen molar-refractivity contribution in [1.29, 1.82) is 0 Å². The van der Waals surface area contributed by atoms with E-state index in [-0.39, 0.29) is 18.4 Å². The van der Waals surface area contributed by atoms with Crippen LogP contribution in [0.3, 0.4) is 0 Å². The van der Waals surface area contributed by atoms with Gasteiger partial charge in [0.25, 0.3) is 0 Å². The molecule has 1 aromatic heterocycles. The van der Waals surface area contributed by atoms with E-state index in [1.54, 1.807) is 18.7 Å². The highest BCUT2D eigenvalue weighted by Gasteiger charge is 2.17. The molecule has 1 amide bonds. The van der Waals surface area contributed by atoms with Crippen molar-refractivity contribution in [3.63, 3.8) is 0 Å². The normalized spacial score (nSPS) is 12.2. The molecular weight excluding hydrogens is 248 g/mol. The maximum absolute atomic E-state index is 11.7. The van der Waals surface area contributed by atoms with Gasteiger partial charge in [-0.3, -0.25) is 9.48 Å². The summed E-state index contributed by atoms with van der Waals surface area (Å²) in [6, 6.07) is -0.0672. The molecule has 0 fully saturated rings. The van der Waals surface area contributed by atoms with Crippen LogP contribution in [0.25, 0.3) is 0 Å². The molecule has 7 heteroatoms. The second kappa shape index (κ2) is 6.89. The zero-order valence-corrected chi connectivity index (χ0v) is 11.5. The Balaban J connectivity index is 2.69. The third-order valence-corrected chi connectivity index (χ3v) is 2.68. The highest BCUT2D eigenvalue weighted by molar-refractivity contribution is 5.90. The van der Waals surface area contributed by atoms with E-state index < -0.39 is 5.97 Å². The zero-order valence-electron chi connectivity index (χ0n) is 11.5. The van der Waals surface area contributed by atoms with Crippen LogP contribution in [-0.4, -0.2) is 34.3 Å². The van der Waals surface area contributed by atoms with Gasteiger partial charge in [0.1, 0.15) is 5.56 Å². The first-order valence-corrected chi connectivity index (χ1v) is 6.15. The topological polar surface area (TPSA) is 99.2 Å². The van der Waals surface area contributed by atoms with E-state index in [4.69, 9.17) is 10.5 Å². The van der Waals surface area contributed by atoms with Crippen LogP contribution < -0.4 is 11.1 Å². The predicted octanol–water partition coefficient (Wildman–Crippen LogP) is -0.0497. The maximum Gasteiger partial charge on any atom is 0.341 e. The molecule has 0 aliphatic carbocycles. The zero-order chi connectivity index (χ0) is 14.4. The standard InChI is InChI=1S/C12H20N4O3/c1-4-19-12(18)9-6-15-16(3)10(9)7-14-8(2)5-11(13)17/h6,8,14H,4-5,7H2,1-3H3,(H2,13,17). The van der Waals surface area contributed by atoms with E-state index in [0.717, 1.165) is 5.69 Å². The Morgan fingerprint density at radius 3 is 2.84 bits per heavy atom. The van der Waals surface area contributed by atoms with Crippen molar-refractivity contribution in [2.75, 3.05) is 6.61 Å². The number of carbonyl (C=O) groups is 2. The van der Waals surface area contributed by atoms with Crippen LogP contribution in [0.2, 0.25) is 0 Å². The van der Waals surface area contributed by atoms with E-state index in [2.05, 4.69) is 10.4 Å². The summed E-state index contributed by atoms with van der Waals surface area (Å²) < 4.78 is 6.57. The smallest absolute Gasteiger partial charge is 0.341 e. The molecule has 3 N–H and O–H groups in total. The van der Waals surface area contributed by atoms with Gasteiger partial charge in [-0.05, 0) is 13.8 Å². The molecule has 0 aromatic carbocycles. The third kappa shape index (κ3) is 4.36. The molecule has 1 unspecified atom stereocenters. The maximum atomic E-state index is 11.7. The average Bonchev–Trinajstić information content (AvgIpc) is 2.67. The summed E-state index contributed by atoms with van der Waals surface area (Å²) in [5.41, 5.74) is 6.27. The summed E-state index contributed by atoms with van der Waals surface area (Å²) in [6.07, 6.45) is 1.72. The van der Waals surface area contributed by atoms with E-state index in [9.17, 15) is 9.59 Å². The fraction of sp³-hybridized carbons (Fsp3) is 0.583. The van der Waals surface area contributed by atoms with Gasteiger partial charge < -0.3 is 15.8 Å². The number of nitrogens with two attached hydrogens (primary N) is 1. The quantitative estimate of drug-likeness (QED) is 0.675. The average molecular weight is 268 g/mol. The van der Waals surface area contributed by atoms with Crippen LogP contribution >= 0.6 is 0 Å². The third-order valence-electron chi connectivity index (χ3n) is 2.68. The number of aromatic nitrogens is 2. The van der Waals surface area contributed by atoms with Crippen molar-refractivity contribution in [1.82, 2.24) is 15.1 Å². The molecule has 0 radical (unpaired) electrons. The predicted molar refractivity (Wildman–Crippen MR) is 69.3 cm³/mol. The minimum Gasteiger partial charge on any atom is -0.462 e. The lowest BCUT2D eigenvalue weighted by Crippen LogP contribution is -2.31. The molecular formula is C12H20N4O3. The van der Waals surface area contributed by atoms with Crippen LogP contribution in [-0.2, 0) is 23.1 Å². The number of ether oxygens (including phenoxy) is 1. The molecule has 1 atom stereocenters. The lowest BCUT2D eigenvalue weighted by Gasteiger charge is -2.13. The number of aryl methyl sites for hydroxylation is 1. The Morgan fingerprint density at radius 2 is 2.26 bits per heavy atom. The van der Waals surface area contributed by atoms with Crippen LogP contribution in [0.5, 0.6) is 0 Å². The van der Waals surface area contributed by atoms with Gasteiger partial charge in [-0.2, -0.15) is 5.10 Å². The minimum absolute atomic E-state index is 0.0672. The van der Waals surface area contributed by atoms with Crippen molar-refractivity contribution in [2.24, 2.45) is 12.8 Å². The lowest BCUT2D eigenvalue weighted by molar-refractivity contribution is -0.118. The van der Waals surface area contributed by atoms with Gasteiger partial charge >= 0.3 is 5.97 Å². The monoisotopic (exact) mass is 268 g/mol. The number of rotatable bonds is 7. The minimum atomic E-state index is -0.394. The van der Waals surface area contributed by atoms with Crippen molar-refractivity contribution in [2.45, 2.75) is 32.9 Å². The molecule has 1 aromatic rings. The summed E-state index contributed by atoms with van der Waals surface area (Å²) >= 11 is 0. The molecule has 0 aliphatic rings. The largest absolute Gasteiger partial charge is 0.462 e. The van der Waals surface area contributed by atoms with Crippen LogP contribution in [0.15, 0.2) is 6.20 Å². The molecule has 0 saturated heterocycles. The molecule has 19 heavy (non-hydrogen) atoms. The fourth-order valence-electron chi connectivity index (χ4n) is 1.70. The van der Waals surface area contributed by atoms with E-state index >= 15 is 0 Å². The fourth-order valence-corrected chi connectivity index (χ4v) is 1.70. The molecule has 1 heterocycles. The van der Waals surface area contributed by atoms with Gasteiger partial charge in [0.05, 0.1) is 18.5 Å². The molecule has 1 rings (SSSR count). The molecule has 0 bridgehead atoms. The number of nitrogens with zero attached hydrogens (tertiary/aromatic N) is 2. The number of nitrogens with one attached hydrogen (secondary N) is 1. The first kappa shape index (κ1) is 15.2. The number of primary amides is 1. The molecule has 0 aliphatic heterocycles. The Labute approximate surface area is 112 Å². The van der Waals surface area contributed by atoms with Crippen molar-refractivity contribution in [3.05, 3.63) is 17.5 Å². The second-order valence-corrected chi connectivity index (χ2v) is 4.30. The summed E-state index contributed by atoms with van der Waals surface area (Å²) in [7, 11) is 1.75. The van der Waals surface area contributed by atoms with Gasteiger partial charge in [0.2, 0.25) is 5.91 Å². The summed E-state index contributed by atoms with van der Waals surface area (Å²) in [6.45, 7) is 4.34. The molecule has 0 spiro atoms. The van der Waals surface area contributed by atoms with E-state index in [1.165, 1.54) is 6.20 Å². The van der Waals surface area contributed by atoms with E-state index in [0.29, 0.717) is 18.7 Å². The Kier molecular flexibility index (Phi) is 5.50. The second-order valence-electron chi connectivity index (χ2n) is 4.30. The summed E-state index contributed by atoms with van der Waals surface area (Å²) in [5.74, 6) is -0.759. The molecule has 7 nitrogen and oxygen atoms in total. The summed E-state index contributed by atoms with van der Waals surface area (Å²) in [4.78, 5) is 22.5. The Morgan fingerprint density at radius 1 is 1.58 bits per heavy atom. The number of amides is 1. The van der Waals surface area contributed by atoms with Gasteiger partial charge in [0.15, 0.2) is 0 Å². The first-order valence-electron chi connectivity index (χ1n) is 6.15. The van der Waals surface area contributed by atoms with Crippen LogP contribution in [0, 0.1) is 0 Å². The highest BCUT2D eigenvalue weighted by Crippen LogP contribution is 2.09. The molecule has 106 valence electrons. The first-order chi connectivity index (χ1) is 8.95. The lowest BCUT2D eigenvalue weighted by atomic mass is 10.2. The van der Waals surface area contributed by atoms with Gasteiger partial charge in [-0.15, -0.1) is 0 Å². The van der Waals surface area contributed by atoms with E-state index in [1.807, 2.05) is 6.92 Å². The Hall–Kier alpha value is -1.89. The van der Waals surface area contributed by atoms with Crippen molar-refractivity contribution in [3.8, 4) is 0 Å². The Bertz CT molecular complexity index is 456. The summed E-state index contributed by atoms with van der Waals surface area (Å²) in [5, 5.41) is 7.17. The molecule has 0 saturated carbocycles. The van der Waals surface area contributed by atoms with Gasteiger partial charge in [-0.25, -0.2) is 4.79 Å². The number of hydrogen-bond acceptors (Lipinski definition) is 5.